The van der Waals surface area contributed by atoms with E-state index in [0.717, 1.165) is 28.2 Å². The van der Waals surface area contributed by atoms with Gasteiger partial charge in [-0.15, -0.1) is 0 Å². The molecule has 0 radical (unpaired) electrons. The highest BCUT2D eigenvalue weighted by Crippen LogP contribution is 2.47. The van der Waals surface area contributed by atoms with Crippen LogP contribution in [-0.2, 0) is 9.59 Å². The predicted octanol–water partition coefficient (Wildman–Crippen LogP) is 6.31. The Bertz CT molecular complexity index is 1290. The second-order valence-corrected chi connectivity index (χ2v) is 9.13. The van der Waals surface area contributed by atoms with Gasteiger partial charge in [-0.3, -0.25) is 19.5 Å². The molecular formula is C26H21Cl2N3O2. The van der Waals surface area contributed by atoms with Crippen LogP contribution in [0.5, 0.6) is 0 Å². The molecule has 1 aliphatic carbocycles. The SMILES string of the molecule is CC(=O)N1c2ccccc2NC2=C(C(=O)C[C@@H](c3ccc(Cl)c(Cl)c3)C2)[C@H]1c1cccnc1. The summed E-state index contributed by atoms with van der Waals surface area (Å²) in [5, 5.41) is 4.44. The number of carbonyl (C=O) groups excluding carboxylic acids is 2. The second-order valence-electron chi connectivity index (χ2n) is 8.31. The van der Waals surface area contributed by atoms with E-state index in [-0.39, 0.29) is 17.6 Å². The number of rotatable bonds is 2. The Hall–Kier alpha value is -3.15. The first-order chi connectivity index (χ1) is 15.9. The minimum absolute atomic E-state index is 0.00673. The van der Waals surface area contributed by atoms with Crippen molar-refractivity contribution in [1.82, 2.24) is 4.98 Å². The summed E-state index contributed by atoms with van der Waals surface area (Å²) in [7, 11) is 0. The quantitative estimate of drug-likeness (QED) is 0.469. The van der Waals surface area contributed by atoms with Crippen molar-refractivity contribution in [2.75, 3.05) is 10.2 Å². The fraction of sp³-hybridized carbons (Fsp3) is 0.192. The molecule has 1 aromatic heterocycles. The number of hydrogen-bond donors (Lipinski definition) is 1. The van der Waals surface area contributed by atoms with Crippen molar-refractivity contribution < 1.29 is 9.59 Å². The van der Waals surface area contributed by atoms with Crippen molar-refractivity contribution in [2.45, 2.75) is 31.7 Å². The van der Waals surface area contributed by atoms with Crippen LogP contribution in [0.3, 0.4) is 0 Å². The summed E-state index contributed by atoms with van der Waals surface area (Å²) in [6, 6.07) is 16.3. The van der Waals surface area contributed by atoms with Gasteiger partial charge in [0.2, 0.25) is 5.91 Å². The van der Waals surface area contributed by atoms with Gasteiger partial charge in [-0.2, -0.15) is 0 Å². The zero-order chi connectivity index (χ0) is 23.1. The van der Waals surface area contributed by atoms with Gasteiger partial charge < -0.3 is 5.32 Å². The van der Waals surface area contributed by atoms with Crippen molar-refractivity contribution in [3.05, 3.63) is 99.4 Å². The lowest BCUT2D eigenvalue weighted by atomic mass is 9.78. The number of fused-ring (bicyclic) bond motifs is 1. The van der Waals surface area contributed by atoms with Gasteiger partial charge in [-0.05, 0) is 53.8 Å². The molecule has 3 aromatic rings. The Kier molecular flexibility index (Phi) is 5.69. The van der Waals surface area contributed by atoms with Crippen LogP contribution in [0.4, 0.5) is 11.4 Å². The number of para-hydroxylation sites is 2. The molecule has 5 rings (SSSR count). The Morgan fingerprint density at radius 3 is 2.58 bits per heavy atom. The molecule has 0 saturated carbocycles. The molecule has 2 heterocycles. The van der Waals surface area contributed by atoms with Crippen molar-refractivity contribution >= 4 is 46.3 Å². The highest BCUT2D eigenvalue weighted by molar-refractivity contribution is 6.42. The molecule has 0 unspecified atom stereocenters. The summed E-state index contributed by atoms with van der Waals surface area (Å²) in [4.78, 5) is 32.6. The third-order valence-corrected chi connectivity index (χ3v) is 6.98. The van der Waals surface area contributed by atoms with Gasteiger partial charge in [-0.1, -0.05) is 47.5 Å². The van der Waals surface area contributed by atoms with Crippen LogP contribution in [0.25, 0.3) is 0 Å². The molecule has 33 heavy (non-hydrogen) atoms. The number of halogens is 2. The lowest BCUT2D eigenvalue weighted by molar-refractivity contribution is -0.117. The molecule has 5 nitrogen and oxygen atoms in total. The van der Waals surface area contributed by atoms with Gasteiger partial charge in [0.15, 0.2) is 5.78 Å². The molecule has 2 atom stereocenters. The van der Waals surface area contributed by atoms with Crippen molar-refractivity contribution in [2.24, 2.45) is 0 Å². The van der Waals surface area contributed by atoms with Gasteiger partial charge in [-0.25, -0.2) is 0 Å². The summed E-state index contributed by atoms with van der Waals surface area (Å²) in [5.41, 5.74) is 4.68. The van der Waals surface area contributed by atoms with Crippen LogP contribution in [0.1, 0.15) is 42.9 Å². The average Bonchev–Trinajstić information content (AvgIpc) is 2.96. The van der Waals surface area contributed by atoms with Crippen LogP contribution in [0.15, 0.2) is 78.3 Å². The van der Waals surface area contributed by atoms with Crippen LogP contribution in [0, 0.1) is 0 Å². The van der Waals surface area contributed by atoms with Gasteiger partial charge in [0, 0.05) is 37.0 Å². The number of hydrogen-bond acceptors (Lipinski definition) is 4. The molecule has 0 bridgehead atoms. The molecule has 166 valence electrons. The lowest BCUT2D eigenvalue weighted by Crippen LogP contribution is -2.37. The molecule has 2 aliphatic rings. The minimum Gasteiger partial charge on any atom is -0.357 e. The number of nitrogens with one attached hydrogen (secondary N) is 1. The number of allylic oxidation sites excluding steroid dienone is 1. The zero-order valence-corrected chi connectivity index (χ0v) is 19.4. The van der Waals surface area contributed by atoms with Crippen LogP contribution >= 0.6 is 23.2 Å². The molecule has 7 heteroatoms. The number of Topliss-reactive ketones (excluding diaryl/α,β-unsaturated/α-hetero) is 1. The topological polar surface area (TPSA) is 62.3 Å². The second kappa shape index (κ2) is 8.65. The van der Waals surface area contributed by atoms with E-state index in [0.29, 0.717) is 28.5 Å². The summed E-state index contributed by atoms with van der Waals surface area (Å²) >= 11 is 12.4. The fourth-order valence-corrected chi connectivity index (χ4v) is 5.10. The largest absolute Gasteiger partial charge is 0.357 e. The molecule has 2 aromatic carbocycles. The summed E-state index contributed by atoms with van der Waals surface area (Å²) < 4.78 is 0. The van der Waals surface area contributed by atoms with Crippen LogP contribution in [0.2, 0.25) is 10.0 Å². The zero-order valence-electron chi connectivity index (χ0n) is 17.9. The van der Waals surface area contributed by atoms with Gasteiger partial charge in [0.05, 0.1) is 27.5 Å². The molecule has 0 spiro atoms. The average molecular weight is 478 g/mol. The number of anilines is 2. The third-order valence-electron chi connectivity index (χ3n) is 6.24. The van der Waals surface area contributed by atoms with Gasteiger partial charge in [0.1, 0.15) is 0 Å². The summed E-state index contributed by atoms with van der Waals surface area (Å²) in [5.74, 6) is -0.205. The number of carbonyl (C=O) groups is 2. The maximum Gasteiger partial charge on any atom is 0.224 e. The van der Waals surface area contributed by atoms with Crippen LogP contribution < -0.4 is 10.2 Å². The number of nitrogens with zero attached hydrogens (tertiary/aromatic N) is 2. The first kappa shape index (κ1) is 21.7. The van der Waals surface area contributed by atoms with Crippen molar-refractivity contribution in [3.63, 3.8) is 0 Å². The van der Waals surface area contributed by atoms with Gasteiger partial charge in [0.25, 0.3) is 0 Å². The highest BCUT2D eigenvalue weighted by Gasteiger charge is 2.40. The van der Waals surface area contributed by atoms with Gasteiger partial charge >= 0.3 is 0 Å². The number of amides is 1. The van der Waals surface area contributed by atoms with E-state index in [1.807, 2.05) is 48.5 Å². The van der Waals surface area contributed by atoms with Crippen molar-refractivity contribution in [1.29, 1.82) is 0 Å². The predicted molar refractivity (Wildman–Crippen MR) is 131 cm³/mol. The maximum atomic E-state index is 13.7. The van der Waals surface area contributed by atoms with Crippen molar-refractivity contribution in [3.8, 4) is 0 Å². The standard InChI is InChI=1S/C26H21Cl2N3O2/c1-15(32)31-23-7-3-2-6-21(23)30-22-12-18(16-8-9-19(27)20(28)11-16)13-24(33)25(22)26(31)17-5-4-10-29-14-17/h2-11,14,18,26,30H,12-13H2,1H3/t18-,26+/m0/s1. The monoisotopic (exact) mass is 477 g/mol. The number of aromatic nitrogens is 1. The van der Waals surface area contributed by atoms with Crippen LogP contribution in [-0.4, -0.2) is 16.7 Å². The minimum atomic E-state index is -0.565. The van der Waals surface area contributed by atoms with E-state index in [1.54, 1.807) is 23.4 Å². The fourth-order valence-electron chi connectivity index (χ4n) is 4.79. The van der Waals surface area contributed by atoms with E-state index in [1.165, 1.54) is 6.92 Å². The summed E-state index contributed by atoms with van der Waals surface area (Å²) in [6.07, 6.45) is 4.33. The number of ketones is 1. The first-order valence-corrected chi connectivity index (χ1v) is 11.5. The first-order valence-electron chi connectivity index (χ1n) is 10.7. The Balaban J connectivity index is 1.68. The Labute approximate surface area is 202 Å². The normalized spacial score (nSPS) is 20.0. The lowest BCUT2D eigenvalue weighted by Gasteiger charge is -2.34. The Morgan fingerprint density at radius 2 is 1.85 bits per heavy atom. The van der Waals surface area contributed by atoms with E-state index in [4.69, 9.17) is 23.2 Å². The number of benzene rings is 2. The third kappa shape index (κ3) is 3.92. The molecule has 0 fully saturated rings. The molecule has 1 aliphatic heterocycles. The molecule has 1 amide bonds. The number of pyridine rings is 1. The Morgan fingerprint density at radius 1 is 1.03 bits per heavy atom. The van der Waals surface area contributed by atoms with E-state index in [9.17, 15) is 9.59 Å². The summed E-state index contributed by atoms with van der Waals surface area (Å²) in [6.45, 7) is 1.53. The molecule has 1 N–H and O–H groups in total. The van der Waals surface area contributed by atoms with E-state index < -0.39 is 6.04 Å². The maximum absolute atomic E-state index is 13.7. The molecule has 0 saturated heterocycles. The van der Waals surface area contributed by atoms with E-state index >= 15 is 0 Å². The highest BCUT2D eigenvalue weighted by atomic mass is 35.5. The smallest absolute Gasteiger partial charge is 0.224 e. The molecular weight excluding hydrogens is 457 g/mol. The van der Waals surface area contributed by atoms with E-state index in [2.05, 4.69) is 10.3 Å².